The third-order valence-corrected chi connectivity index (χ3v) is 4.74. The van der Waals surface area contributed by atoms with Crippen LogP contribution in [0.1, 0.15) is 24.2 Å². The van der Waals surface area contributed by atoms with Crippen molar-refractivity contribution >= 4 is 17.0 Å². The lowest BCUT2D eigenvalue weighted by Gasteiger charge is -2.14. The van der Waals surface area contributed by atoms with Crippen molar-refractivity contribution in [1.82, 2.24) is 25.1 Å². The third-order valence-electron chi connectivity index (χ3n) is 3.69. The SMILES string of the molecule is CON=C1CCCc2nnc(-c3cnc(-c4cccnc4)s3)nc21. The monoisotopic (exact) mass is 338 g/mol. The van der Waals surface area contributed by atoms with E-state index in [0.29, 0.717) is 5.82 Å². The van der Waals surface area contributed by atoms with Crippen molar-refractivity contribution in [3.8, 4) is 21.3 Å². The smallest absolute Gasteiger partial charge is 0.194 e. The number of hydrogen-bond acceptors (Lipinski definition) is 8. The van der Waals surface area contributed by atoms with Crippen molar-refractivity contribution in [1.29, 1.82) is 0 Å². The van der Waals surface area contributed by atoms with E-state index in [1.54, 1.807) is 25.7 Å². The van der Waals surface area contributed by atoms with E-state index in [2.05, 4.69) is 30.3 Å². The molecule has 0 N–H and O–H groups in total. The van der Waals surface area contributed by atoms with E-state index in [4.69, 9.17) is 4.84 Å². The Morgan fingerprint density at radius 3 is 3.00 bits per heavy atom. The number of oxime groups is 1. The summed E-state index contributed by atoms with van der Waals surface area (Å²) < 4.78 is 0. The van der Waals surface area contributed by atoms with Gasteiger partial charge in [0.1, 0.15) is 23.5 Å². The minimum atomic E-state index is 0.562. The summed E-state index contributed by atoms with van der Waals surface area (Å²) in [4.78, 5) is 19.0. The average molecular weight is 338 g/mol. The van der Waals surface area contributed by atoms with E-state index >= 15 is 0 Å². The van der Waals surface area contributed by atoms with Crippen LogP contribution in [0.5, 0.6) is 0 Å². The van der Waals surface area contributed by atoms with Gasteiger partial charge in [-0.05, 0) is 31.4 Å². The molecule has 0 unspecified atom stereocenters. The molecule has 0 fully saturated rings. The molecule has 24 heavy (non-hydrogen) atoms. The molecule has 3 aromatic heterocycles. The fraction of sp³-hybridized carbons (Fsp3) is 0.250. The number of fused-ring (bicyclic) bond motifs is 1. The van der Waals surface area contributed by atoms with Gasteiger partial charge in [-0.15, -0.1) is 16.4 Å². The van der Waals surface area contributed by atoms with Crippen molar-refractivity contribution in [2.75, 3.05) is 7.11 Å². The Bertz CT molecular complexity index is 893. The van der Waals surface area contributed by atoms with Crippen molar-refractivity contribution in [2.45, 2.75) is 19.3 Å². The summed E-state index contributed by atoms with van der Waals surface area (Å²) in [5, 5.41) is 13.5. The van der Waals surface area contributed by atoms with E-state index in [-0.39, 0.29) is 0 Å². The summed E-state index contributed by atoms with van der Waals surface area (Å²) in [7, 11) is 1.54. The summed E-state index contributed by atoms with van der Waals surface area (Å²) in [5.41, 5.74) is 3.45. The molecule has 0 aliphatic heterocycles. The highest BCUT2D eigenvalue weighted by molar-refractivity contribution is 7.18. The van der Waals surface area contributed by atoms with E-state index in [1.807, 2.05) is 12.1 Å². The molecule has 0 amide bonds. The third kappa shape index (κ3) is 2.76. The molecular formula is C16H14N6OS. The van der Waals surface area contributed by atoms with Crippen LogP contribution in [0.2, 0.25) is 0 Å². The maximum Gasteiger partial charge on any atom is 0.194 e. The maximum atomic E-state index is 4.93. The van der Waals surface area contributed by atoms with Crippen LogP contribution in [0.15, 0.2) is 35.9 Å². The second-order valence-electron chi connectivity index (χ2n) is 5.28. The first-order valence-electron chi connectivity index (χ1n) is 7.56. The molecule has 0 saturated carbocycles. The zero-order chi connectivity index (χ0) is 16.4. The second kappa shape index (κ2) is 6.40. The molecule has 1 aliphatic rings. The summed E-state index contributed by atoms with van der Waals surface area (Å²) in [5.74, 6) is 0.562. The Morgan fingerprint density at radius 2 is 2.17 bits per heavy atom. The predicted molar refractivity (Wildman–Crippen MR) is 90.7 cm³/mol. The Labute approximate surface area is 142 Å². The summed E-state index contributed by atoms with van der Waals surface area (Å²) >= 11 is 1.52. The van der Waals surface area contributed by atoms with Gasteiger partial charge in [-0.3, -0.25) is 4.98 Å². The van der Waals surface area contributed by atoms with Crippen LogP contribution in [0.4, 0.5) is 0 Å². The molecular weight excluding hydrogens is 324 g/mol. The molecule has 0 saturated heterocycles. The van der Waals surface area contributed by atoms with Crippen LogP contribution in [0.3, 0.4) is 0 Å². The largest absolute Gasteiger partial charge is 0.399 e. The predicted octanol–water partition coefficient (Wildman–Crippen LogP) is 2.74. The van der Waals surface area contributed by atoms with Gasteiger partial charge in [0.15, 0.2) is 5.82 Å². The normalized spacial score (nSPS) is 15.3. The van der Waals surface area contributed by atoms with Gasteiger partial charge in [-0.2, -0.15) is 5.10 Å². The minimum absolute atomic E-state index is 0.562. The first kappa shape index (κ1) is 14.8. The molecule has 0 spiro atoms. The first-order valence-corrected chi connectivity index (χ1v) is 8.37. The molecule has 0 atom stereocenters. The van der Waals surface area contributed by atoms with Crippen LogP contribution in [-0.2, 0) is 11.3 Å². The van der Waals surface area contributed by atoms with Gasteiger partial charge in [0.25, 0.3) is 0 Å². The molecule has 1 aliphatic carbocycles. The average Bonchev–Trinajstić information content (AvgIpc) is 3.13. The van der Waals surface area contributed by atoms with Crippen LogP contribution >= 0.6 is 11.3 Å². The molecule has 8 heteroatoms. The number of aryl methyl sites for hydroxylation is 1. The second-order valence-corrected chi connectivity index (χ2v) is 6.31. The summed E-state index contributed by atoms with van der Waals surface area (Å²) in [6.45, 7) is 0. The number of nitrogens with zero attached hydrogens (tertiary/aromatic N) is 6. The molecule has 3 aromatic rings. The van der Waals surface area contributed by atoms with E-state index in [1.165, 1.54) is 11.3 Å². The molecule has 0 aromatic carbocycles. The van der Waals surface area contributed by atoms with Gasteiger partial charge in [0.2, 0.25) is 0 Å². The van der Waals surface area contributed by atoms with Gasteiger partial charge in [-0.25, -0.2) is 9.97 Å². The number of pyridine rings is 1. The maximum absolute atomic E-state index is 4.93. The highest BCUT2D eigenvalue weighted by Gasteiger charge is 2.21. The van der Waals surface area contributed by atoms with Gasteiger partial charge in [0, 0.05) is 24.2 Å². The van der Waals surface area contributed by atoms with Crippen LogP contribution in [0, 0.1) is 0 Å². The van der Waals surface area contributed by atoms with Gasteiger partial charge in [-0.1, -0.05) is 5.16 Å². The Hall–Kier alpha value is -2.74. The standard InChI is InChI=1S/C16H14N6OS/c1-23-22-12-6-2-5-11-14(12)19-15(21-20-11)13-9-18-16(24-13)10-4-3-7-17-8-10/h3-4,7-9H,2,5-6H2,1H3. The van der Waals surface area contributed by atoms with E-state index < -0.39 is 0 Å². The van der Waals surface area contributed by atoms with Crippen molar-refractivity contribution in [3.63, 3.8) is 0 Å². The highest BCUT2D eigenvalue weighted by Crippen LogP contribution is 2.30. The molecule has 3 heterocycles. The number of thiazole rings is 1. The van der Waals surface area contributed by atoms with Crippen molar-refractivity contribution in [3.05, 3.63) is 42.1 Å². The van der Waals surface area contributed by atoms with Crippen LogP contribution in [-0.4, -0.2) is 38.0 Å². The lowest BCUT2D eigenvalue weighted by molar-refractivity contribution is 0.212. The lowest BCUT2D eigenvalue weighted by atomic mass is 9.99. The summed E-state index contributed by atoms with van der Waals surface area (Å²) in [6, 6.07) is 3.87. The van der Waals surface area contributed by atoms with Gasteiger partial charge < -0.3 is 4.84 Å². The Balaban J connectivity index is 1.72. The van der Waals surface area contributed by atoms with E-state index in [9.17, 15) is 0 Å². The zero-order valence-corrected chi connectivity index (χ0v) is 13.8. The zero-order valence-electron chi connectivity index (χ0n) is 13.0. The number of hydrogen-bond donors (Lipinski definition) is 0. The minimum Gasteiger partial charge on any atom is -0.399 e. The topological polar surface area (TPSA) is 86.0 Å². The summed E-state index contributed by atoms with van der Waals surface area (Å²) in [6.07, 6.45) is 7.98. The Morgan fingerprint density at radius 1 is 1.21 bits per heavy atom. The fourth-order valence-corrected chi connectivity index (χ4v) is 3.43. The van der Waals surface area contributed by atoms with Crippen molar-refractivity contribution in [2.24, 2.45) is 5.16 Å². The van der Waals surface area contributed by atoms with Crippen LogP contribution in [0.25, 0.3) is 21.3 Å². The fourth-order valence-electron chi connectivity index (χ4n) is 2.59. The highest BCUT2D eigenvalue weighted by atomic mass is 32.1. The molecule has 7 nitrogen and oxygen atoms in total. The van der Waals surface area contributed by atoms with Gasteiger partial charge in [0.05, 0.1) is 10.6 Å². The quantitative estimate of drug-likeness (QED) is 0.683. The number of rotatable bonds is 3. The molecule has 120 valence electrons. The number of aromatic nitrogens is 5. The van der Waals surface area contributed by atoms with Crippen LogP contribution < -0.4 is 0 Å². The molecule has 0 radical (unpaired) electrons. The lowest BCUT2D eigenvalue weighted by Crippen LogP contribution is -2.17. The molecule has 4 rings (SSSR count). The Kier molecular flexibility index (Phi) is 3.96. The van der Waals surface area contributed by atoms with Crippen molar-refractivity contribution < 1.29 is 4.84 Å². The molecule has 0 bridgehead atoms. The van der Waals surface area contributed by atoms with E-state index in [0.717, 1.165) is 51.8 Å². The first-order chi connectivity index (χ1) is 11.8. The van der Waals surface area contributed by atoms with Gasteiger partial charge >= 0.3 is 0 Å².